The highest BCUT2D eigenvalue weighted by molar-refractivity contribution is 5.89. The first-order chi connectivity index (χ1) is 25.7. The van der Waals surface area contributed by atoms with E-state index >= 15 is 0 Å². The van der Waals surface area contributed by atoms with Gasteiger partial charge in [0, 0.05) is 12.1 Å². The summed E-state index contributed by atoms with van der Waals surface area (Å²) in [5.41, 5.74) is 5.21. The highest BCUT2D eigenvalue weighted by Crippen LogP contribution is 2.54. The number of hydrogen-bond acceptors (Lipinski definition) is 8. The van der Waals surface area contributed by atoms with E-state index in [4.69, 9.17) is 18.9 Å². The number of ether oxygens (including phenoxy) is 4. The van der Waals surface area contributed by atoms with Gasteiger partial charge in [-0.05, 0) is 72.8 Å². The minimum Gasteiger partial charge on any atom is -0.454 e. The van der Waals surface area contributed by atoms with Crippen molar-refractivity contribution >= 4 is 34.1 Å². The summed E-state index contributed by atoms with van der Waals surface area (Å²) in [6.45, 7) is 0. The number of para-hydroxylation sites is 12. The molecule has 0 unspecified atom stereocenters. The van der Waals surface area contributed by atoms with Gasteiger partial charge in [-0.15, -0.1) is 0 Å². The highest BCUT2D eigenvalue weighted by Gasteiger charge is 2.29. The summed E-state index contributed by atoms with van der Waals surface area (Å²) in [6, 6.07) is 53.9. The van der Waals surface area contributed by atoms with Crippen molar-refractivity contribution in [3.05, 3.63) is 169 Å². The van der Waals surface area contributed by atoms with E-state index in [1.165, 1.54) is 0 Å². The zero-order chi connectivity index (χ0) is 35.0. The Morgan fingerprint density at radius 3 is 0.981 bits per heavy atom. The van der Waals surface area contributed by atoms with Crippen LogP contribution in [-0.4, -0.2) is 0 Å². The van der Waals surface area contributed by atoms with Crippen LogP contribution in [0.5, 0.6) is 46.0 Å². The molecule has 246 valence electrons. The van der Waals surface area contributed by atoms with Crippen LogP contribution in [0.3, 0.4) is 0 Å². The Balaban J connectivity index is 1.10. The average Bonchev–Trinajstić information content (AvgIpc) is 3.20. The van der Waals surface area contributed by atoms with Gasteiger partial charge in [0.15, 0.2) is 34.5 Å². The average molecular weight is 675 g/mol. The molecule has 2 heterocycles. The van der Waals surface area contributed by atoms with Crippen molar-refractivity contribution in [1.29, 1.82) is 10.5 Å². The molecule has 0 amide bonds. The molecule has 8 heteroatoms. The predicted octanol–water partition coefficient (Wildman–Crippen LogP) is 12.2. The van der Waals surface area contributed by atoms with Crippen LogP contribution in [-0.2, 0) is 0 Å². The minimum absolute atomic E-state index is 0.200. The van der Waals surface area contributed by atoms with Crippen LogP contribution in [0.15, 0.2) is 158 Å². The topological polar surface area (TPSA) is 91.0 Å². The molecule has 0 fully saturated rings. The van der Waals surface area contributed by atoms with Crippen LogP contribution in [0, 0.1) is 22.7 Å². The van der Waals surface area contributed by atoms with Crippen molar-refractivity contribution in [3.63, 3.8) is 0 Å². The molecule has 8 nitrogen and oxygen atoms in total. The third-order valence-electron chi connectivity index (χ3n) is 8.84. The molecule has 0 atom stereocenters. The smallest absolute Gasteiger partial charge is 0.151 e. The normalized spacial score (nSPS) is 12.0. The molecule has 52 heavy (non-hydrogen) atoms. The van der Waals surface area contributed by atoms with Crippen LogP contribution in [0.25, 0.3) is 0 Å². The van der Waals surface area contributed by atoms with Crippen molar-refractivity contribution in [2.45, 2.75) is 0 Å². The molecule has 2 aliphatic rings. The van der Waals surface area contributed by atoms with Crippen LogP contribution in [0.4, 0.5) is 34.1 Å². The van der Waals surface area contributed by atoms with Gasteiger partial charge in [-0.1, -0.05) is 72.8 Å². The van der Waals surface area contributed by atoms with Gasteiger partial charge >= 0.3 is 0 Å². The van der Waals surface area contributed by atoms with Gasteiger partial charge in [0.25, 0.3) is 0 Å². The highest BCUT2D eigenvalue weighted by atomic mass is 16.5. The Hall–Kier alpha value is -7.68. The Labute approximate surface area is 299 Å². The van der Waals surface area contributed by atoms with E-state index in [9.17, 15) is 10.5 Å². The van der Waals surface area contributed by atoms with Crippen molar-refractivity contribution < 1.29 is 18.9 Å². The molecule has 9 rings (SSSR count). The second kappa shape index (κ2) is 12.6. The maximum Gasteiger partial charge on any atom is 0.151 e. The largest absolute Gasteiger partial charge is 0.454 e. The molecule has 0 bridgehead atoms. The summed E-state index contributed by atoms with van der Waals surface area (Å²) in [5, 5.41) is 20.8. The number of fused-ring (bicyclic) bond motifs is 4. The summed E-state index contributed by atoms with van der Waals surface area (Å²) in [5.74, 6) is 4.21. The first-order valence-electron chi connectivity index (χ1n) is 16.5. The van der Waals surface area contributed by atoms with Crippen molar-refractivity contribution in [2.75, 3.05) is 9.80 Å². The van der Waals surface area contributed by atoms with Crippen molar-refractivity contribution in [2.24, 2.45) is 0 Å². The summed E-state index contributed by atoms with van der Waals surface area (Å²) in [7, 11) is 0. The second-order valence-corrected chi connectivity index (χ2v) is 12.0. The third-order valence-corrected chi connectivity index (χ3v) is 8.84. The van der Waals surface area contributed by atoms with Gasteiger partial charge in [0.1, 0.15) is 23.6 Å². The molecule has 0 N–H and O–H groups in total. The summed E-state index contributed by atoms with van der Waals surface area (Å²) in [6.07, 6.45) is 0. The number of nitriles is 2. The minimum atomic E-state index is 0.200. The van der Waals surface area contributed by atoms with Crippen LogP contribution in [0.2, 0.25) is 0 Å². The Bertz CT molecular complexity index is 2340. The zero-order valence-electron chi connectivity index (χ0n) is 27.4. The third kappa shape index (κ3) is 5.16. The molecule has 7 aromatic carbocycles. The molecule has 7 aromatic rings. The quantitative estimate of drug-likeness (QED) is 0.172. The molecular formula is C44H26N4O4. The number of hydrogen-bond donors (Lipinski definition) is 0. The Morgan fingerprint density at radius 2 is 0.654 bits per heavy atom. The van der Waals surface area contributed by atoms with Gasteiger partial charge in [-0.3, -0.25) is 9.80 Å². The zero-order valence-corrected chi connectivity index (χ0v) is 27.4. The van der Waals surface area contributed by atoms with Crippen LogP contribution < -0.4 is 28.7 Å². The fourth-order valence-electron chi connectivity index (χ4n) is 6.53. The molecular weight excluding hydrogens is 649 g/mol. The summed E-state index contributed by atoms with van der Waals surface area (Å²) < 4.78 is 25.5. The summed E-state index contributed by atoms with van der Waals surface area (Å²) in [4.78, 5) is 4.13. The maximum atomic E-state index is 10.4. The van der Waals surface area contributed by atoms with Gasteiger partial charge in [-0.25, -0.2) is 0 Å². The number of benzene rings is 7. The van der Waals surface area contributed by atoms with E-state index in [1.54, 1.807) is 12.1 Å². The molecule has 0 aliphatic carbocycles. The number of anilines is 6. The maximum absolute atomic E-state index is 10.4. The first-order valence-corrected chi connectivity index (χ1v) is 16.5. The lowest BCUT2D eigenvalue weighted by molar-refractivity contribution is 0.463. The van der Waals surface area contributed by atoms with Crippen LogP contribution in [0.1, 0.15) is 11.1 Å². The van der Waals surface area contributed by atoms with E-state index in [0.717, 1.165) is 34.1 Å². The fourth-order valence-corrected chi connectivity index (χ4v) is 6.53. The van der Waals surface area contributed by atoms with Gasteiger partial charge in [0.05, 0.1) is 45.3 Å². The molecule has 0 saturated heterocycles. The number of rotatable bonds is 6. The SMILES string of the molecule is N#Cc1cc(Oc2ccccc2N2c3ccccc3Oc3ccccc32)c(C#N)cc1Oc1ccccc1N1c2ccccc2Oc2ccccc21. The molecule has 2 aliphatic heterocycles. The van der Waals surface area contributed by atoms with E-state index < -0.39 is 0 Å². The van der Waals surface area contributed by atoms with E-state index in [-0.39, 0.29) is 22.6 Å². The Morgan fingerprint density at radius 1 is 0.365 bits per heavy atom. The lowest BCUT2D eigenvalue weighted by atomic mass is 10.1. The molecule has 0 saturated carbocycles. The Kier molecular flexibility index (Phi) is 7.39. The molecule has 0 radical (unpaired) electrons. The van der Waals surface area contributed by atoms with E-state index in [2.05, 4.69) is 21.9 Å². The molecule has 0 spiro atoms. The predicted molar refractivity (Wildman–Crippen MR) is 198 cm³/mol. The fraction of sp³-hybridized carbons (Fsp3) is 0. The van der Waals surface area contributed by atoms with Crippen molar-refractivity contribution in [3.8, 4) is 58.1 Å². The van der Waals surface area contributed by atoms with Crippen molar-refractivity contribution in [1.82, 2.24) is 0 Å². The first kappa shape index (κ1) is 30.4. The van der Waals surface area contributed by atoms with Gasteiger partial charge < -0.3 is 18.9 Å². The van der Waals surface area contributed by atoms with E-state index in [0.29, 0.717) is 34.5 Å². The van der Waals surface area contributed by atoms with Gasteiger partial charge in [0.2, 0.25) is 0 Å². The second-order valence-electron chi connectivity index (χ2n) is 12.0. The lowest BCUT2D eigenvalue weighted by Crippen LogP contribution is -2.16. The monoisotopic (exact) mass is 674 g/mol. The van der Waals surface area contributed by atoms with Crippen LogP contribution >= 0.6 is 0 Å². The van der Waals surface area contributed by atoms with Gasteiger partial charge in [-0.2, -0.15) is 10.5 Å². The van der Waals surface area contributed by atoms with E-state index in [1.807, 2.05) is 146 Å². The molecule has 0 aromatic heterocycles. The number of nitrogens with zero attached hydrogens (tertiary/aromatic N) is 4. The lowest BCUT2D eigenvalue weighted by Gasteiger charge is -2.33. The summed E-state index contributed by atoms with van der Waals surface area (Å²) >= 11 is 0. The standard InChI is InChI=1S/C44H26N4O4/c45-27-29-26-44(52-42-24-12-6-18-36(42)48-33-15-3-9-21-39(33)50-40-22-10-4-16-34(40)48)30(28-46)25-43(29)51-41-23-11-5-17-35(41)47-31-13-1-7-19-37(31)49-38-20-8-2-14-32(38)47/h1-26H.